The van der Waals surface area contributed by atoms with Gasteiger partial charge in [-0.1, -0.05) is 24.3 Å². The molecule has 0 N–H and O–H groups in total. The summed E-state index contributed by atoms with van der Waals surface area (Å²) < 4.78 is 16.1. The standard InChI is InChI=1S/C20H22O4/c1-13-9-10-14(2)19(15(13)3)24-18(21)12-11-16-7-6-8-17(22-4)20(16)23-5/h6-12H,1-5H3/b12-11+. The fourth-order valence-electron chi connectivity index (χ4n) is 2.42. The Balaban J connectivity index is 2.22. The molecule has 0 spiro atoms. The second-order valence-electron chi connectivity index (χ2n) is 5.49. The molecule has 4 heteroatoms. The van der Waals surface area contributed by atoms with Crippen molar-refractivity contribution in [1.82, 2.24) is 0 Å². The number of esters is 1. The average Bonchev–Trinajstić information content (AvgIpc) is 2.59. The summed E-state index contributed by atoms with van der Waals surface area (Å²) in [6.07, 6.45) is 3.04. The first-order valence-electron chi connectivity index (χ1n) is 7.65. The van der Waals surface area contributed by atoms with Gasteiger partial charge in [0.25, 0.3) is 0 Å². The molecular weight excluding hydrogens is 304 g/mol. The van der Waals surface area contributed by atoms with Gasteiger partial charge in [-0.25, -0.2) is 4.79 Å². The maximum atomic E-state index is 12.2. The zero-order valence-electron chi connectivity index (χ0n) is 14.7. The summed E-state index contributed by atoms with van der Waals surface area (Å²) >= 11 is 0. The van der Waals surface area contributed by atoms with Crippen LogP contribution in [0.25, 0.3) is 6.08 Å². The van der Waals surface area contributed by atoms with Crippen molar-refractivity contribution in [3.8, 4) is 17.2 Å². The van der Waals surface area contributed by atoms with E-state index in [0.29, 0.717) is 17.2 Å². The van der Waals surface area contributed by atoms with E-state index in [9.17, 15) is 4.79 Å². The molecule has 0 radical (unpaired) electrons. The second-order valence-corrected chi connectivity index (χ2v) is 5.49. The van der Waals surface area contributed by atoms with Crippen LogP contribution < -0.4 is 14.2 Å². The van der Waals surface area contributed by atoms with Crippen molar-refractivity contribution >= 4 is 12.0 Å². The van der Waals surface area contributed by atoms with Gasteiger partial charge in [0, 0.05) is 11.6 Å². The Kier molecular flexibility index (Phi) is 5.64. The molecule has 0 amide bonds. The highest BCUT2D eigenvalue weighted by atomic mass is 16.5. The Hall–Kier alpha value is -2.75. The van der Waals surface area contributed by atoms with E-state index in [2.05, 4.69) is 0 Å². The Bertz CT molecular complexity index is 775. The molecule has 0 saturated heterocycles. The minimum absolute atomic E-state index is 0.434. The van der Waals surface area contributed by atoms with Gasteiger partial charge in [0.1, 0.15) is 5.75 Å². The minimum atomic E-state index is -0.434. The van der Waals surface area contributed by atoms with Gasteiger partial charge in [0.2, 0.25) is 0 Å². The molecule has 2 aromatic rings. The van der Waals surface area contributed by atoms with E-state index in [-0.39, 0.29) is 0 Å². The van der Waals surface area contributed by atoms with Gasteiger partial charge in [-0.3, -0.25) is 0 Å². The van der Waals surface area contributed by atoms with Gasteiger partial charge in [-0.2, -0.15) is 0 Å². The van der Waals surface area contributed by atoms with E-state index in [1.54, 1.807) is 26.4 Å². The smallest absolute Gasteiger partial charge is 0.336 e. The Morgan fingerprint density at radius 1 is 0.917 bits per heavy atom. The van der Waals surface area contributed by atoms with Gasteiger partial charge in [0.15, 0.2) is 11.5 Å². The number of carbonyl (C=O) groups excluding carboxylic acids is 1. The number of rotatable bonds is 5. The van der Waals surface area contributed by atoms with Crippen LogP contribution in [0.3, 0.4) is 0 Å². The first-order valence-corrected chi connectivity index (χ1v) is 7.65. The Labute approximate surface area is 142 Å². The van der Waals surface area contributed by atoms with Crippen molar-refractivity contribution in [2.45, 2.75) is 20.8 Å². The lowest BCUT2D eigenvalue weighted by Gasteiger charge is -2.11. The summed E-state index contributed by atoms with van der Waals surface area (Å²) in [6.45, 7) is 5.85. The van der Waals surface area contributed by atoms with Crippen LogP contribution in [0.1, 0.15) is 22.3 Å². The molecule has 0 aliphatic carbocycles. The highest BCUT2D eigenvalue weighted by Gasteiger charge is 2.11. The number of hydrogen-bond acceptors (Lipinski definition) is 4. The maximum absolute atomic E-state index is 12.2. The molecule has 0 saturated carbocycles. The van der Waals surface area contributed by atoms with Crippen LogP contribution in [-0.2, 0) is 4.79 Å². The van der Waals surface area contributed by atoms with Crippen LogP contribution >= 0.6 is 0 Å². The normalized spacial score (nSPS) is 10.7. The zero-order valence-corrected chi connectivity index (χ0v) is 14.7. The fraction of sp³-hybridized carbons (Fsp3) is 0.250. The minimum Gasteiger partial charge on any atom is -0.493 e. The maximum Gasteiger partial charge on any atom is 0.336 e. The van der Waals surface area contributed by atoms with E-state index in [1.165, 1.54) is 6.08 Å². The second kappa shape index (κ2) is 7.68. The van der Waals surface area contributed by atoms with Crippen molar-refractivity contribution in [3.05, 3.63) is 58.7 Å². The quantitative estimate of drug-likeness (QED) is 0.468. The van der Waals surface area contributed by atoms with E-state index in [4.69, 9.17) is 14.2 Å². The van der Waals surface area contributed by atoms with Crippen LogP contribution in [0.15, 0.2) is 36.4 Å². The van der Waals surface area contributed by atoms with E-state index in [1.807, 2.05) is 45.0 Å². The van der Waals surface area contributed by atoms with Gasteiger partial charge in [-0.05, 0) is 49.6 Å². The summed E-state index contributed by atoms with van der Waals surface area (Å²) in [5, 5.41) is 0. The Morgan fingerprint density at radius 2 is 1.62 bits per heavy atom. The molecular formula is C20H22O4. The summed E-state index contributed by atoms with van der Waals surface area (Å²) in [5.74, 6) is 1.37. The molecule has 0 aromatic heterocycles. The fourth-order valence-corrected chi connectivity index (χ4v) is 2.42. The summed E-state index contributed by atoms with van der Waals surface area (Å²) in [7, 11) is 3.13. The number of ether oxygens (including phenoxy) is 3. The van der Waals surface area contributed by atoms with Crippen LogP contribution in [0.5, 0.6) is 17.2 Å². The first-order chi connectivity index (χ1) is 11.5. The van der Waals surface area contributed by atoms with Crippen LogP contribution in [0.4, 0.5) is 0 Å². The lowest BCUT2D eigenvalue weighted by Crippen LogP contribution is -2.07. The molecule has 0 fully saturated rings. The molecule has 0 atom stereocenters. The van der Waals surface area contributed by atoms with Crippen molar-refractivity contribution in [3.63, 3.8) is 0 Å². The monoisotopic (exact) mass is 326 g/mol. The molecule has 4 nitrogen and oxygen atoms in total. The summed E-state index contributed by atoms with van der Waals surface area (Å²) in [4.78, 5) is 12.2. The van der Waals surface area contributed by atoms with Crippen molar-refractivity contribution in [2.24, 2.45) is 0 Å². The third kappa shape index (κ3) is 3.77. The Morgan fingerprint density at radius 3 is 2.29 bits per heavy atom. The lowest BCUT2D eigenvalue weighted by atomic mass is 10.1. The molecule has 0 aliphatic heterocycles. The van der Waals surface area contributed by atoms with Gasteiger partial charge in [0.05, 0.1) is 14.2 Å². The van der Waals surface area contributed by atoms with Crippen LogP contribution in [0.2, 0.25) is 0 Å². The van der Waals surface area contributed by atoms with Crippen molar-refractivity contribution in [1.29, 1.82) is 0 Å². The molecule has 2 rings (SSSR count). The third-order valence-corrected chi connectivity index (χ3v) is 3.91. The molecule has 126 valence electrons. The average molecular weight is 326 g/mol. The first kappa shape index (κ1) is 17.6. The molecule has 0 heterocycles. The summed E-state index contributed by atoms with van der Waals surface area (Å²) in [6, 6.07) is 9.43. The topological polar surface area (TPSA) is 44.8 Å². The van der Waals surface area contributed by atoms with Gasteiger partial charge < -0.3 is 14.2 Å². The van der Waals surface area contributed by atoms with Crippen LogP contribution in [-0.4, -0.2) is 20.2 Å². The highest BCUT2D eigenvalue weighted by Crippen LogP contribution is 2.31. The molecule has 0 aliphatic rings. The van der Waals surface area contributed by atoms with Crippen molar-refractivity contribution < 1.29 is 19.0 Å². The number of aryl methyl sites for hydroxylation is 2. The van der Waals surface area contributed by atoms with E-state index in [0.717, 1.165) is 22.3 Å². The SMILES string of the molecule is COc1cccc(/C=C/C(=O)Oc2c(C)ccc(C)c2C)c1OC. The molecule has 0 bridgehead atoms. The highest BCUT2D eigenvalue weighted by molar-refractivity contribution is 5.89. The van der Waals surface area contributed by atoms with Gasteiger partial charge in [-0.15, -0.1) is 0 Å². The number of hydrogen-bond donors (Lipinski definition) is 0. The zero-order chi connectivity index (χ0) is 17.7. The summed E-state index contributed by atoms with van der Waals surface area (Å²) in [5.41, 5.74) is 3.72. The predicted molar refractivity (Wildman–Crippen MR) is 94.9 cm³/mol. The van der Waals surface area contributed by atoms with Gasteiger partial charge >= 0.3 is 5.97 Å². The number of carbonyl (C=O) groups is 1. The van der Waals surface area contributed by atoms with Crippen molar-refractivity contribution in [2.75, 3.05) is 14.2 Å². The third-order valence-electron chi connectivity index (χ3n) is 3.91. The number of methoxy groups -OCH3 is 2. The predicted octanol–water partition coefficient (Wildman–Crippen LogP) is 4.25. The number of benzene rings is 2. The largest absolute Gasteiger partial charge is 0.493 e. The number of para-hydroxylation sites is 1. The van der Waals surface area contributed by atoms with E-state index >= 15 is 0 Å². The van der Waals surface area contributed by atoms with Crippen LogP contribution in [0, 0.1) is 20.8 Å². The molecule has 0 unspecified atom stereocenters. The lowest BCUT2D eigenvalue weighted by molar-refractivity contribution is -0.129. The van der Waals surface area contributed by atoms with E-state index < -0.39 is 5.97 Å². The molecule has 2 aromatic carbocycles. The molecule has 24 heavy (non-hydrogen) atoms.